The lowest BCUT2D eigenvalue weighted by Gasteiger charge is -2.25. The molecular formula is C17H25ClN2O. The number of amides is 1. The molecule has 1 saturated carbocycles. The van der Waals surface area contributed by atoms with Gasteiger partial charge in [-0.05, 0) is 43.4 Å². The molecule has 0 heterocycles. The number of carbonyl (C=O) groups excluding carboxylic acids is 1. The maximum atomic E-state index is 12.4. The van der Waals surface area contributed by atoms with Crippen LogP contribution in [-0.2, 0) is 4.79 Å². The van der Waals surface area contributed by atoms with Crippen LogP contribution in [0.25, 0.3) is 0 Å². The topological polar surface area (TPSA) is 32.3 Å². The number of hydrogen-bond donors (Lipinski definition) is 1. The van der Waals surface area contributed by atoms with Gasteiger partial charge in [0.25, 0.3) is 0 Å². The van der Waals surface area contributed by atoms with Crippen LogP contribution in [0.4, 0.5) is 0 Å². The van der Waals surface area contributed by atoms with Gasteiger partial charge in [0.15, 0.2) is 0 Å². The van der Waals surface area contributed by atoms with Crippen molar-refractivity contribution in [2.45, 2.75) is 45.7 Å². The Kier molecular flexibility index (Phi) is 5.65. The number of rotatable bonds is 7. The van der Waals surface area contributed by atoms with Crippen LogP contribution in [0.1, 0.15) is 45.2 Å². The zero-order chi connectivity index (χ0) is 15.4. The van der Waals surface area contributed by atoms with E-state index >= 15 is 0 Å². The minimum atomic E-state index is 0.145. The number of carbonyl (C=O) groups is 1. The summed E-state index contributed by atoms with van der Waals surface area (Å²) in [4.78, 5) is 14.4. The van der Waals surface area contributed by atoms with Crippen molar-refractivity contribution in [3.8, 4) is 0 Å². The van der Waals surface area contributed by atoms with Gasteiger partial charge in [-0.25, -0.2) is 0 Å². The number of hydrogen-bond acceptors (Lipinski definition) is 2. The Bertz CT molecular complexity index is 468. The minimum Gasteiger partial charge on any atom is -0.338 e. The van der Waals surface area contributed by atoms with Gasteiger partial charge in [0.1, 0.15) is 0 Å². The van der Waals surface area contributed by atoms with E-state index in [1.165, 1.54) is 0 Å². The summed E-state index contributed by atoms with van der Waals surface area (Å²) in [5, 5.41) is 4.06. The highest BCUT2D eigenvalue weighted by atomic mass is 35.5. The maximum Gasteiger partial charge on any atom is 0.236 e. The zero-order valence-electron chi connectivity index (χ0n) is 13.1. The van der Waals surface area contributed by atoms with E-state index in [-0.39, 0.29) is 11.9 Å². The predicted molar refractivity (Wildman–Crippen MR) is 87.4 cm³/mol. The van der Waals surface area contributed by atoms with Gasteiger partial charge in [0.05, 0.1) is 6.54 Å². The molecule has 116 valence electrons. The second-order valence-electron chi connectivity index (χ2n) is 6.33. The van der Waals surface area contributed by atoms with Gasteiger partial charge in [-0.3, -0.25) is 4.79 Å². The summed E-state index contributed by atoms with van der Waals surface area (Å²) in [6.07, 6.45) is 2.32. The summed E-state index contributed by atoms with van der Waals surface area (Å²) in [6.45, 7) is 7.65. The van der Waals surface area contributed by atoms with Crippen LogP contribution in [0.5, 0.6) is 0 Å². The van der Waals surface area contributed by atoms with Crippen LogP contribution in [-0.4, -0.2) is 29.9 Å². The minimum absolute atomic E-state index is 0.145. The predicted octanol–water partition coefficient (Wildman–Crippen LogP) is 3.64. The molecule has 1 aliphatic rings. The fourth-order valence-electron chi connectivity index (χ4n) is 2.45. The summed E-state index contributed by atoms with van der Waals surface area (Å²) in [5.74, 6) is 0.732. The van der Waals surface area contributed by atoms with Crippen molar-refractivity contribution in [3.05, 3.63) is 34.9 Å². The smallest absolute Gasteiger partial charge is 0.236 e. The highest BCUT2D eigenvalue weighted by Gasteiger charge is 2.32. The monoisotopic (exact) mass is 308 g/mol. The molecule has 21 heavy (non-hydrogen) atoms. The molecule has 0 bridgehead atoms. The van der Waals surface area contributed by atoms with Crippen molar-refractivity contribution in [2.24, 2.45) is 5.92 Å². The van der Waals surface area contributed by atoms with E-state index in [2.05, 4.69) is 26.1 Å². The number of halogens is 1. The molecule has 1 N–H and O–H groups in total. The van der Waals surface area contributed by atoms with E-state index in [1.54, 1.807) is 0 Å². The van der Waals surface area contributed by atoms with E-state index in [9.17, 15) is 4.79 Å². The molecule has 1 aromatic carbocycles. The van der Waals surface area contributed by atoms with Crippen LogP contribution in [0.2, 0.25) is 5.02 Å². The van der Waals surface area contributed by atoms with Gasteiger partial charge in [-0.15, -0.1) is 0 Å². The van der Waals surface area contributed by atoms with E-state index in [4.69, 9.17) is 11.6 Å². The fourth-order valence-corrected chi connectivity index (χ4v) is 2.57. The molecule has 0 aromatic heterocycles. The van der Waals surface area contributed by atoms with Crippen LogP contribution >= 0.6 is 11.6 Å². The normalized spacial score (nSPS) is 16.0. The lowest BCUT2D eigenvalue weighted by Crippen LogP contribution is -2.42. The Morgan fingerprint density at radius 1 is 1.29 bits per heavy atom. The van der Waals surface area contributed by atoms with Crippen molar-refractivity contribution in [3.63, 3.8) is 0 Å². The number of nitrogens with zero attached hydrogens (tertiary/aromatic N) is 1. The first-order chi connectivity index (χ1) is 9.97. The van der Waals surface area contributed by atoms with Crippen molar-refractivity contribution < 1.29 is 4.79 Å². The third-order valence-electron chi connectivity index (χ3n) is 3.80. The Hall–Kier alpha value is -1.06. The highest BCUT2D eigenvalue weighted by molar-refractivity contribution is 6.30. The first kappa shape index (κ1) is 16.3. The Labute approximate surface area is 132 Å². The largest absolute Gasteiger partial charge is 0.338 e. The quantitative estimate of drug-likeness (QED) is 0.834. The Morgan fingerprint density at radius 3 is 2.43 bits per heavy atom. The standard InChI is InChI=1S/C17H25ClN2O/c1-12(2)11-20(16-8-9-16)17(21)10-19-13(3)14-4-6-15(18)7-5-14/h4-7,12-13,16,19H,8-11H2,1-3H3/t13-/m0/s1. The molecule has 1 fully saturated rings. The van der Waals surface area contributed by atoms with Crippen molar-refractivity contribution in [1.29, 1.82) is 0 Å². The molecule has 1 aliphatic carbocycles. The Morgan fingerprint density at radius 2 is 1.90 bits per heavy atom. The molecule has 4 heteroatoms. The molecule has 3 nitrogen and oxygen atoms in total. The van der Waals surface area contributed by atoms with E-state index in [0.717, 1.165) is 30.0 Å². The third kappa shape index (κ3) is 5.01. The van der Waals surface area contributed by atoms with Gasteiger partial charge in [0.2, 0.25) is 5.91 Å². The molecule has 0 spiro atoms. The second kappa shape index (κ2) is 7.28. The third-order valence-corrected chi connectivity index (χ3v) is 4.05. The molecule has 0 aliphatic heterocycles. The van der Waals surface area contributed by atoms with Gasteiger partial charge in [0, 0.05) is 23.7 Å². The van der Waals surface area contributed by atoms with E-state index < -0.39 is 0 Å². The summed E-state index contributed by atoms with van der Waals surface area (Å²) in [6, 6.07) is 8.38. The molecule has 1 amide bonds. The first-order valence-corrected chi connectivity index (χ1v) is 8.13. The average Bonchev–Trinajstić information content (AvgIpc) is 3.27. The van der Waals surface area contributed by atoms with Crippen molar-refractivity contribution >= 4 is 17.5 Å². The van der Waals surface area contributed by atoms with Crippen LogP contribution in [0.15, 0.2) is 24.3 Å². The summed E-state index contributed by atoms with van der Waals surface area (Å²) >= 11 is 5.89. The van der Waals surface area contributed by atoms with Crippen molar-refractivity contribution in [2.75, 3.05) is 13.1 Å². The van der Waals surface area contributed by atoms with Crippen LogP contribution in [0, 0.1) is 5.92 Å². The molecule has 2 rings (SSSR count). The molecule has 1 atom stereocenters. The van der Waals surface area contributed by atoms with Crippen LogP contribution in [0.3, 0.4) is 0 Å². The average molecular weight is 309 g/mol. The van der Waals surface area contributed by atoms with Gasteiger partial charge < -0.3 is 10.2 Å². The molecule has 1 aromatic rings. The zero-order valence-corrected chi connectivity index (χ0v) is 13.9. The summed E-state index contributed by atoms with van der Waals surface area (Å²) in [7, 11) is 0. The summed E-state index contributed by atoms with van der Waals surface area (Å²) in [5.41, 5.74) is 1.15. The highest BCUT2D eigenvalue weighted by Crippen LogP contribution is 2.27. The lowest BCUT2D eigenvalue weighted by atomic mass is 10.1. The first-order valence-electron chi connectivity index (χ1n) is 7.75. The number of nitrogens with one attached hydrogen (secondary N) is 1. The lowest BCUT2D eigenvalue weighted by molar-refractivity contribution is -0.131. The second-order valence-corrected chi connectivity index (χ2v) is 6.76. The van der Waals surface area contributed by atoms with Crippen LogP contribution < -0.4 is 5.32 Å². The van der Waals surface area contributed by atoms with Gasteiger partial charge >= 0.3 is 0 Å². The fraction of sp³-hybridized carbons (Fsp3) is 0.588. The molecule has 0 unspecified atom stereocenters. The maximum absolute atomic E-state index is 12.4. The van der Waals surface area contributed by atoms with E-state index in [1.807, 2.05) is 29.2 Å². The summed E-state index contributed by atoms with van der Waals surface area (Å²) < 4.78 is 0. The van der Waals surface area contributed by atoms with E-state index in [0.29, 0.717) is 18.5 Å². The molecular weight excluding hydrogens is 284 g/mol. The van der Waals surface area contributed by atoms with Crippen molar-refractivity contribution in [1.82, 2.24) is 10.2 Å². The van der Waals surface area contributed by atoms with Gasteiger partial charge in [-0.1, -0.05) is 37.6 Å². The molecule has 0 saturated heterocycles. The molecule has 0 radical (unpaired) electrons. The number of benzene rings is 1. The SMILES string of the molecule is CC(C)CN(C(=O)CN[C@@H](C)c1ccc(Cl)cc1)C1CC1. The Balaban J connectivity index is 1.85. The van der Waals surface area contributed by atoms with Gasteiger partial charge in [-0.2, -0.15) is 0 Å².